The highest BCUT2D eigenvalue weighted by Crippen LogP contribution is 2.25. The molecule has 0 radical (unpaired) electrons. The molecule has 0 aliphatic rings. The molecular weight excluding hydrogens is 265 g/mol. The van der Waals surface area contributed by atoms with Crippen LogP contribution in [-0.2, 0) is 6.54 Å². The van der Waals surface area contributed by atoms with Crippen molar-refractivity contribution in [3.63, 3.8) is 0 Å². The summed E-state index contributed by atoms with van der Waals surface area (Å²) in [7, 11) is 0. The van der Waals surface area contributed by atoms with Gasteiger partial charge in [-0.25, -0.2) is 0 Å². The number of hydrogen-bond acceptors (Lipinski definition) is 2. The van der Waals surface area contributed by atoms with Crippen molar-refractivity contribution in [1.82, 2.24) is 5.32 Å². The Bertz CT molecular complexity index is 293. The maximum absolute atomic E-state index is 6.02. The molecule has 0 saturated carbocycles. The summed E-state index contributed by atoms with van der Waals surface area (Å²) in [6.45, 7) is 3.38. The van der Waals surface area contributed by atoms with Crippen LogP contribution in [0.5, 0.6) is 5.75 Å². The summed E-state index contributed by atoms with van der Waals surface area (Å²) in [5.41, 5.74) is 1.93. The molecule has 14 heavy (non-hydrogen) atoms. The van der Waals surface area contributed by atoms with Crippen LogP contribution in [0.2, 0.25) is 5.02 Å². The first-order valence-electron chi connectivity index (χ1n) is 4.45. The van der Waals surface area contributed by atoms with Crippen LogP contribution >= 0.6 is 27.5 Å². The van der Waals surface area contributed by atoms with E-state index < -0.39 is 0 Å². The molecule has 78 valence electrons. The molecule has 0 heterocycles. The van der Waals surface area contributed by atoms with Crippen molar-refractivity contribution in [2.24, 2.45) is 0 Å². The van der Waals surface area contributed by atoms with E-state index in [9.17, 15) is 0 Å². The monoisotopic (exact) mass is 277 g/mol. The predicted molar refractivity (Wildman–Crippen MR) is 63.3 cm³/mol. The fraction of sp³-hybridized carbons (Fsp3) is 0.400. The lowest BCUT2D eigenvalue weighted by atomic mass is 10.2. The first-order chi connectivity index (χ1) is 6.77. The number of hydrogen-bond donors (Lipinski definition) is 1. The zero-order chi connectivity index (χ0) is 10.4. The zero-order valence-electron chi connectivity index (χ0n) is 8.02. The highest BCUT2D eigenvalue weighted by Gasteiger charge is 2.01. The Labute approximate surface area is 97.7 Å². The van der Waals surface area contributed by atoms with E-state index in [1.54, 1.807) is 0 Å². The lowest BCUT2D eigenvalue weighted by Gasteiger charge is -2.07. The summed E-state index contributed by atoms with van der Waals surface area (Å²) < 4.78 is 5.33. The summed E-state index contributed by atoms with van der Waals surface area (Å²) in [5, 5.41) is 3.83. The molecule has 1 aromatic carbocycles. The van der Waals surface area contributed by atoms with Crippen molar-refractivity contribution in [2.75, 3.05) is 12.1 Å². The molecule has 1 N–H and O–H groups in total. The van der Waals surface area contributed by atoms with E-state index in [1.165, 1.54) is 0 Å². The molecule has 1 aromatic rings. The van der Waals surface area contributed by atoms with Crippen LogP contribution in [0.1, 0.15) is 12.5 Å². The van der Waals surface area contributed by atoms with Crippen LogP contribution in [-0.4, -0.2) is 12.1 Å². The van der Waals surface area contributed by atoms with Gasteiger partial charge in [0, 0.05) is 6.54 Å². The second-order valence-electron chi connectivity index (χ2n) is 2.76. The molecule has 0 atom stereocenters. The smallest absolute Gasteiger partial charge is 0.137 e. The van der Waals surface area contributed by atoms with Crippen molar-refractivity contribution in [3.8, 4) is 5.75 Å². The molecule has 0 aliphatic heterocycles. The van der Waals surface area contributed by atoms with Gasteiger partial charge in [-0.3, -0.25) is 0 Å². The van der Waals surface area contributed by atoms with E-state index in [0.29, 0.717) is 11.6 Å². The van der Waals surface area contributed by atoms with Gasteiger partial charge in [0.05, 0.1) is 17.1 Å². The maximum atomic E-state index is 6.02. The van der Waals surface area contributed by atoms with Crippen LogP contribution in [0.15, 0.2) is 18.2 Å². The summed E-state index contributed by atoms with van der Waals surface area (Å²) in [4.78, 5) is 0. The molecule has 0 bridgehead atoms. The Kier molecular flexibility index (Phi) is 5.30. The Morgan fingerprint density at radius 1 is 1.50 bits per heavy atom. The minimum absolute atomic E-state index is 0.638. The first-order valence-corrected chi connectivity index (χ1v) is 5.95. The van der Waals surface area contributed by atoms with Gasteiger partial charge < -0.3 is 10.1 Å². The van der Waals surface area contributed by atoms with Gasteiger partial charge in [-0.1, -0.05) is 33.6 Å². The molecule has 1 rings (SSSR count). The fourth-order valence-corrected chi connectivity index (χ4v) is 1.57. The number of rotatable bonds is 5. The van der Waals surface area contributed by atoms with Gasteiger partial charge in [0.1, 0.15) is 5.75 Å². The number of alkyl halides is 1. The van der Waals surface area contributed by atoms with Gasteiger partial charge in [0.15, 0.2) is 0 Å². The van der Waals surface area contributed by atoms with Crippen LogP contribution in [0, 0.1) is 0 Å². The Balaban J connectivity index is 2.68. The molecule has 0 amide bonds. The topological polar surface area (TPSA) is 21.3 Å². The van der Waals surface area contributed by atoms with Crippen LogP contribution in [0.25, 0.3) is 0 Å². The van der Waals surface area contributed by atoms with Gasteiger partial charge in [-0.05, 0) is 24.6 Å². The van der Waals surface area contributed by atoms with Crippen molar-refractivity contribution in [3.05, 3.63) is 28.8 Å². The number of ether oxygens (including phenoxy) is 1. The molecule has 0 saturated heterocycles. The number of halogens is 2. The Morgan fingerprint density at radius 2 is 2.29 bits per heavy atom. The molecular formula is C10H13BrClNO. The molecule has 0 aliphatic carbocycles. The number of nitrogens with one attached hydrogen (secondary N) is 1. The average Bonchev–Trinajstić information content (AvgIpc) is 2.19. The quantitative estimate of drug-likeness (QED) is 0.660. The SMILES string of the molecule is CCOc1ccc(CNCBr)cc1Cl. The third kappa shape index (κ3) is 3.48. The van der Waals surface area contributed by atoms with Crippen molar-refractivity contribution >= 4 is 27.5 Å². The predicted octanol–water partition coefficient (Wildman–Crippen LogP) is 3.18. The third-order valence-electron chi connectivity index (χ3n) is 1.72. The Morgan fingerprint density at radius 3 is 2.86 bits per heavy atom. The highest BCUT2D eigenvalue weighted by molar-refractivity contribution is 9.09. The second kappa shape index (κ2) is 6.27. The minimum Gasteiger partial charge on any atom is -0.492 e. The fourth-order valence-electron chi connectivity index (χ4n) is 1.12. The van der Waals surface area contributed by atoms with E-state index in [1.807, 2.05) is 25.1 Å². The van der Waals surface area contributed by atoms with Gasteiger partial charge in [-0.15, -0.1) is 0 Å². The van der Waals surface area contributed by atoms with E-state index in [4.69, 9.17) is 16.3 Å². The van der Waals surface area contributed by atoms with Gasteiger partial charge in [-0.2, -0.15) is 0 Å². The Hall–Kier alpha value is -0.250. The van der Waals surface area contributed by atoms with E-state index >= 15 is 0 Å². The lowest BCUT2D eigenvalue weighted by molar-refractivity contribution is 0.340. The zero-order valence-corrected chi connectivity index (χ0v) is 10.4. The second-order valence-corrected chi connectivity index (χ2v) is 3.73. The normalized spacial score (nSPS) is 10.2. The lowest BCUT2D eigenvalue weighted by Crippen LogP contribution is -2.09. The molecule has 0 spiro atoms. The first kappa shape index (κ1) is 11.8. The third-order valence-corrected chi connectivity index (χ3v) is 2.41. The van der Waals surface area contributed by atoms with E-state index in [2.05, 4.69) is 21.2 Å². The summed E-state index contributed by atoms with van der Waals surface area (Å²) in [6, 6.07) is 5.83. The van der Waals surface area contributed by atoms with E-state index in [0.717, 1.165) is 23.3 Å². The molecule has 0 fully saturated rings. The van der Waals surface area contributed by atoms with Crippen molar-refractivity contribution in [1.29, 1.82) is 0 Å². The summed E-state index contributed by atoms with van der Waals surface area (Å²) in [5.74, 6) is 0.747. The molecule has 2 nitrogen and oxygen atoms in total. The standard InChI is InChI=1S/C10H13BrClNO/c1-2-14-10-4-3-8(5-9(10)12)6-13-7-11/h3-5,13H,2,6-7H2,1H3. The molecule has 4 heteroatoms. The summed E-state index contributed by atoms with van der Waals surface area (Å²) >= 11 is 9.32. The minimum atomic E-state index is 0.638. The van der Waals surface area contributed by atoms with Crippen molar-refractivity contribution in [2.45, 2.75) is 13.5 Å². The van der Waals surface area contributed by atoms with Gasteiger partial charge in [0.25, 0.3) is 0 Å². The number of benzene rings is 1. The van der Waals surface area contributed by atoms with Gasteiger partial charge >= 0.3 is 0 Å². The van der Waals surface area contributed by atoms with E-state index in [-0.39, 0.29) is 0 Å². The summed E-state index contributed by atoms with van der Waals surface area (Å²) in [6.07, 6.45) is 0. The maximum Gasteiger partial charge on any atom is 0.137 e. The molecule has 0 aromatic heterocycles. The van der Waals surface area contributed by atoms with Crippen LogP contribution < -0.4 is 10.1 Å². The highest BCUT2D eigenvalue weighted by atomic mass is 79.9. The molecule has 0 unspecified atom stereocenters. The largest absolute Gasteiger partial charge is 0.492 e. The van der Waals surface area contributed by atoms with Crippen LogP contribution in [0.4, 0.5) is 0 Å². The average molecular weight is 279 g/mol. The van der Waals surface area contributed by atoms with Crippen molar-refractivity contribution < 1.29 is 4.74 Å². The van der Waals surface area contributed by atoms with Gasteiger partial charge in [0.2, 0.25) is 0 Å². The van der Waals surface area contributed by atoms with Crippen LogP contribution in [0.3, 0.4) is 0 Å².